The van der Waals surface area contributed by atoms with Crippen LogP contribution in [0.25, 0.3) is 0 Å². The van der Waals surface area contributed by atoms with E-state index in [0.29, 0.717) is 19.0 Å². The number of carbonyl (C=O) groups excluding carboxylic acids is 1. The van der Waals surface area contributed by atoms with Gasteiger partial charge in [-0.3, -0.25) is 10.1 Å². The molecule has 0 spiro atoms. The maximum absolute atomic E-state index is 11.9. The molecular weight excluding hydrogens is 274 g/mol. The molecule has 0 aliphatic heterocycles. The molecule has 0 bridgehead atoms. The minimum atomic E-state index is -0.463. The zero-order chi connectivity index (χ0) is 15.4. The first-order valence-electron chi connectivity index (χ1n) is 6.87. The average molecular weight is 293 g/mol. The summed E-state index contributed by atoms with van der Waals surface area (Å²) in [5.74, 6) is 0.329. The van der Waals surface area contributed by atoms with Crippen LogP contribution >= 0.6 is 0 Å². The van der Waals surface area contributed by atoms with Gasteiger partial charge in [-0.1, -0.05) is 12.1 Å². The molecule has 1 unspecified atom stereocenters. The predicted molar refractivity (Wildman–Crippen MR) is 76.7 cm³/mol. The summed E-state index contributed by atoms with van der Waals surface area (Å²) < 4.78 is 0. The third-order valence-electron chi connectivity index (χ3n) is 3.56. The number of benzene rings is 1. The van der Waals surface area contributed by atoms with E-state index >= 15 is 0 Å². The Hall–Kier alpha value is -2.15. The lowest BCUT2D eigenvalue weighted by Crippen LogP contribution is -2.41. The fourth-order valence-corrected chi connectivity index (χ4v) is 2.04. The zero-order valence-electron chi connectivity index (χ0n) is 11.9. The molecule has 0 aromatic heterocycles. The van der Waals surface area contributed by atoms with E-state index in [2.05, 4.69) is 5.32 Å². The fraction of sp³-hybridized carbons (Fsp3) is 0.500. The third kappa shape index (κ3) is 4.42. The Bertz CT molecular complexity index is 513. The minimum absolute atomic E-state index is 0.0229. The van der Waals surface area contributed by atoms with Crippen molar-refractivity contribution in [1.29, 1.82) is 0 Å². The number of likely N-dealkylation sites (N-methyl/N-ethyl adjacent to an activating group) is 1. The summed E-state index contributed by atoms with van der Waals surface area (Å²) in [6, 6.07) is 5.76. The van der Waals surface area contributed by atoms with Crippen LogP contribution in [-0.2, 0) is 6.54 Å². The van der Waals surface area contributed by atoms with Crippen LogP contribution in [0.15, 0.2) is 24.3 Å². The molecule has 2 amide bonds. The van der Waals surface area contributed by atoms with Crippen molar-refractivity contribution in [1.82, 2.24) is 10.2 Å². The Balaban J connectivity index is 1.78. The molecule has 1 fully saturated rings. The Morgan fingerprint density at radius 1 is 1.48 bits per heavy atom. The molecule has 1 saturated carbocycles. The lowest BCUT2D eigenvalue weighted by atomic mass is 10.2. The number of aliphatic hydroxyl groups is 1. The second-order valence-electron chi connectivity index (χ2n) is 5.37. The van der Waals surface area contributed by atoms with E-state index in [1.54, 1.807) is 19.2 Å². The van der Waals surface area contributed by atoms with Crippen LogP contribution in [0, 0.1) is 16.0 Å². The number of hydrogen-bond donors (Lipinski definition) is 2. The van der Waals surface area contributed by atoms with Gasteiger partial charge < -0.3 is 15.3 Å². The van der Waals surface area contributed by atoms with Crippen LogP contribution in [0.5, 0.6) is 0 Å². The largest absolute Gasteiger partial charge is 0.391 e. The molecule has 1 aliphatic carbocycles. The predicted octanol–water partition coefficient (Wildman–Crippen LogP) is 1.51. The summed E-state index contributed by atoms with van der Waals surface area (Å²) in [6.07, 6.45) is 1.60. The van der Waals surface area contributed by atoms with Gasteiger partial charge in [-0.15, -0.1) is 0 Å². The number of carbonyl (C=O) groups is 1. The van der Waals surface area contributed by atoms with Gasteiger partial charge in [0.15, 0.2) is 0 Å². The highest BCUT2D eigenvalue weighted by molar-refractivity contribution is 5.73. The molecule has 1 aromatic carbocycles. The van der Waals surface area contributed by atoms with Crippen molar-refractivity contribution < 1.29 is 14.8 Å². The average Bonchev–Trinajstić information content (AvgIpc) is 3.29. The number of nitrogens with one attached hydrogen (secondary N) is 1. The quantitative estimate of drug-likeness (QED) is 0.614. The van der Waals surface area contributed by atoms with Crippen molar-refractivity contribution in [3.8, 4) is 0 Å². The first-order valence-corrected chi connectivity index (χ1v) is 6.87. The van der Waals surface area contributed by atoms with Crippen LogP contribution in [0.2, 0.25) is 0 Å². The molecule has 1 aromatic rings. The van der Waals surface area contributed by atoms with Crippen molar-refractivity contribution in [2.45, 2.75) is 25.5 Å². The summed E-state index contributed by atoms with van der Waals surface area (Å²) in [6.45, 7) is 0.609. The number of rotatable bonds is 6. The smallest absolute Gasteiger partial charge is 0.317 e. The lowest BCUT2D eigenvalue weighted by molar-refractivity contribution is -0.384. The van der Waals surface area contributed by atoms with E-state index in [1.807, 2.05) is 0 Å². The van der Waals surface area contributed by atoms with Crippen LogP contribution in [0.1, 0.15) is 18.4 Å². The SMILES string of the molecule is CN(CC(O)C1CC1)C(=O)NCc1ccc([N+](=O)[O-])cc1. The van der Waals surface area contributed by atoms with Gasteiger partial charge in [0.05, 0.1) is 11.0 Å². The highest BCUT2D eigenvalue weighted by Gasteiger charge is 2.31. The van der Waals surface area contributed by atoms with Crippen molar-refractivity contribution in [3.05, 3.63) is 39.9 Å². The lowest BCUT2D eigenvalue weighted by Gasteiger charge is -2.21. The Morgan fingerprint density at radius 3 is 2.62 bits per heavy atom. The van der Waals surface area contributed by atoms with Gasteiger partial charge in [-0.25, -0.2) is 4.79 Å². The van der Waals surface area contributed by atoms with Crippen molar-refractivity contribution in [2.24, 2.45) is 5.92 Å². The van der Waals surface area contributed by atoms with Crippen molar-refractivity contribution >= 4 is 11.7 Å². The van der Waals surface area contributed by atoms with Gasteiger partial charge >= 0.3 is 6.03 Å². The number of nitro benzene ring substituents is 1. The van der Waals surface area contributed by atoms with E-state index in [9.17, 15) is 20.0 Å². The molecule has 2 N–H and O–H groups in total. The first-order chi connectivity index (χ1) is 9.97. The van der Waals surface area contributed by atoms with Crippen LogP contribution in [-0.4, -0.2) is 40.7 Å². The Labute approximate surface area is 122 Å². The van der Waals surface area contributed by atoms with E-state index in [-0.39, 0.29) is 11.7 Å². The van der Waals surface area contributed by atoms with Gasteiger partial charge in [-0.2, -0.15) is 0 Å². The molecule has 0 saturated heterocycles. The monoisotopic (exact) mass is 293 g/mol. The molecule has 7 nitrogen and oxygen atoms in total. The van der Waals surface area contributed by atoms with Crippen molar-refractivity contribution in [3.63, 3.8) is 0 Å². The molecule has 0 heterocycles. The molecular formula is C14H19N3O4. The van der Waals surface area contributed by atoms with Gasteiger partial charge in [-0.05, 0) is 24.3 Å². The second kappa shape index (κ2) is 6.53. The van der Waals surface area contributed by atoms with E-state index in [1.165, 1.54) is 17.0 Å². The first kappa shape index (κ1) is 15.2. The van der Waals surface area contributed by atoms with E-state index < -0.39 is 11.0 Å². The van der Waals surface area contributed by atoms with Gasteiger partial charge in [0, 0.05) is 32.3 Å². The molecule has 1 aliphatic rings. The summed E-state index contributed by atoms with van der Waals surface area (Å²) in [5.41, 5.74) is 0.805. The van der Waals surface area contributed by atoms with Gasteiger partial charge in [0.1, 0.15) is 0 Å². The van der Waals surface area contributed by atoms with Crippen LogP contribution in [0.4, 0.5) is 10.5 Å². The highest BCUT2D eigenvalue weighted by Crippen LogP contribution is 2.32. The molecule has 0 radical (unpaired) electrons. The number of urea groups is 1. The summed E-state index contributed by atoms with van der Waals surface area (Å²) in [7, 11) is 1.64. The topological polar surface area (TPSA) is 95.7 Å². The number of nitro groups is 1. The maximum Gasteiger partial charge on any atom is 0.317 e. The molecule has 114 valence electrons. The maximum atomic E-state index is 11.9. The number of aliphatic hydroxyl groups excluding tert-OH is 1. The van der Waals surface area contributed by atoms with E-state index in [4.69, 9.17) is 0 Å². The number of hydrogen-bond acceptors (Lipinski definition) is 4. The number of amides is 2. The van der Waals surface area contributed by atoms with Crippen molar-refractivity contribution in [2.75, 3.05) is 13.6 Å². The highest BCUT2D eigenvalue weighted by atomic mass is 16.6. The number of nitrogens with zero attached hydrogens (tertiary/aromatic N) is 2. The molecule has 21 heavy (non-hydrogen) atoms. The van der Waals surface area contributed by atoms with Crippen LogP contribution in [0.3, 0.4) is 0 Å². The standard InChI is InChI=1S/C14H19N3O4/c1-16(9-13(18)11-4-5-11)14(19)15-8-10-2-6-12(7-3-10)17(20)21/h2-3,6-7,11,13,18H,4-5,8-9H2,1H3,(H,15,19). The second-order valence-corrected chi connectivity index (χ2v) is 5.37. The summed E-state index contributed by atoms with van der Waals surface area (Å²) in [4.78, 5) is 23.4. The van der Waals surface area contributed by atoms with Gasteiger partial charge in [0.25, 0.3) is 5.69 Å². The summed E-state index contributed by atoms with van der Waals surface area (Å²) in [5, 5.41) is 23.0. The molecule has 1 atom stereocenters. The Morgan fingerprint density at radius 2 is 2.10 bits per heavy atom. The summed E-state index contributed by atoms with van der Waals surface area (Å²) >= 11 is 0. The molecule has 2 rings (SSSR count). The zero-order valence-corrected chi connectivity index (χ0v) is 11.9. The molecule has 7 heteroatoms. The van der Waals surface area contributed by atoms with Gasteiger partial charge in [0.2, 0.25) is 0 Å². The normalized spacial score (nSPS) is 15.3. The van der Waals surface area contributed by atoms with E-state index in [0.717, 1.165) is 18.4 Å². The minimum Gasteiger partial charge on any atom is -0.391 e. The fourth-order valence-electron chi connectivity index (χ4n) is 2.04. The Kier molecular flexibility index (Phi) is 4.74. The van der Waals surface area contributed by atoms with Crippen LogP contribution < -0.4 is 5.32 Å². The number of non-ortho nitro benzene ring substituents is 1. The third-order valence-corrected chi connectivity index (χ3v) is 3.56.